The van der Waals surface area contributed by atoms with E-state index in [2.05, 4.69) is 20.4 Å². The van der Waals surface area contributed by atoms with Crippen LogP contribution < -0.4 is 15.2 Å². The lowest BCUT2D eigenvalue weighted by Gasteiger charge is -2.42. The van der Waals surface area contributed by atoms with Gasteiger partial charge in [-0.1, -0.05) is 26.5 Å². The van der Waals surface area contributed by atoms with Crippen LogP contribution in [0.25, 0.3) is 0 Å². The number of carbonyl (C=O) groups excluding carboxylic acids is 1. The van der Waals surface area contributed by atoms with Crippen molar-refractivity contribution in [2.45, 2.75) is 26.3 Å². The van der Waals surface area contributed by atoms with Gasteiger partial charge < -0.3 is 20.1 Å². The summed E-state index contributed by atoms with van der Waals surface area (Å²) in [7, 11) is 1.56. The second kappa shape index (κ2) is 7.04. The smallest absolute Gasteiger partial charge is 0.254 e. The van der Waals surface area contributed by atoms with Gasteiger partial charge in [0.25, 0.3) is 5.91 Å². The average Bonchev–Trinajstić information content (AvgIpc) is 2.54. The molecule has 2 rings (SSSR count). The fraction of sp³-hybridized carbons (Fsp3) is 0.500. The monoisotopic (exact) mass is 318 g/mol. The Balaban J connectivity index is 2.18. The van der Waals surface area contributed by atoms with E-state index >= 15 is 0 Å². The van der Waals surface area contributed by atoms with E-state index in [1.165, 1.54) is 0 Å². The molecule has 126 valence electrons. The number of ether oxygens (including phenoxy) is 2. The first kappa shape index (κ1) is 17.3. The molecule has 0 aromatic heterocycles. The highest BCUT2D eigenvalue weighted by atomic mass is 16.5. The third-order valence-electron chi connectivity index (χ3n) is 4.37. The Hall–Kier alpha value is -2.01. The Morgan fingerprint density at radius 2 is 2.22 bits per heavy atom. The van der Waals surface area contributed by atoms with Crippen molar-refractivity contribution < 1.29 is 14.3 Å². The molecule has 1 aliphatic rings. The quantitative estimate of drug-likeness (QED) is 0.847. The zero-order chi connectivity index (χ0) is 17.0. The van der Waals surface area contributed by atoms with Gasteiger partial charge in [-0.05, 0) is 30.0 Å². The second-order valence-corrected chi connectivity index (χ2v) is 6.58. The first-order valence-corrected chi connectivity index (χ1v) is 7.85. The van der Waals surface area contributed by atoms with E-state index in [-0.39, 0.29) is 17.4 Å². The number of piperidine rings is 1. The third-order valence-corrected chi connectivity index (χ3v) is 4.37. The highest BCUT2D eigenvalue weighted by Gasteiger charge is 2.35. The van der Waals surface area contributed by atoms with Crippen LogP contribution in [0.1, 0.15) is 30.6 Å². The van der Waals surface area contributed by atoms with Gasteiger partial charge in [0.15, 0.2) is 11.5 Å². The van der Waals surface area contributed by atoms with Gasteiger partial charge in [0.2, 0.25) is 0 Å². The summed E-state index contributed by atoms with van der Waals surface area (Å²) in [5, 5.41) is 0. The molecular formula is C18H26N2O3. The van der Waals surface area contributed by atoms with Crippen LogP contribution in [0.2, 0.25) is 0 Å². The minimum atomic E-state index is -0.0784. The zero-order valence-corrected chi connectivity index (χ0v) is 14.2. The highest BCUT2D eigenvalue weighted by Crippen LogP contribution is 2.31. The Labute approximate surface area is 138 Å². The number of nitrogens with two attached hydrogens (primary N) is 1. The molecule has 0 saturated carbocycles. The van der Waals surface area contributed by atoms with Crippen molar-refractivity contribution in [3.05, 3.63) is 36.4 Å². The van der Waals surface area contributed by atoms with Crippen molar-refractivity contribution in [1.82, 2.24) is 4.90 Å². The van der Waals surface area contributed by atoms with Gasteiger partial charge in [-0.15, -0.1) is 0 Å². The van der Waals surface area contributed by atoms with Crippen LogP contribution in [0.4, 0.5) is 0 Å². The van der Waals surface area contributed by atoms with Gasteiger partial charge in [0.1, 0.15) is 6.61 Å². The number of likely N-dealkylation sites (tertiary alicyclic amines) is 1. The zero-order valence-electron chi connectivity index (χ0n) is 14.2. The van der Waals surface area contributed by atoms with E-state index in [0.29, 0.717) is 36.8 Å². The first-order valence-electron chi connectivity index (χ1n) is 7.85. The van der Waals surface area contributed by atoms with Gasteiger partial charge in [-0.2, -0.15) is 0 Å². The van der Waals surface area contributed by atoms with Crippen LogP contribution in [0.5, 0.6) is 11.5 Å². The van der Waals surface area contributed by atoms with E-state index in [1.54, 1.807) is 31.4 Å². The van der Waals surface area contributed by atoms with E-state index in [1.807, 2.05) is 4.90 Å². The summed E-state index contributed by atoms with van der Waals surface area (Å²) in [6.45, 7) is 9.55. The number of hydrogen-bond acceptors (Lipinski definition) is 4. The molecule has 1 aliphatic heterocycles. The van der Waals surface area contributed by atoms with E-state index in [0.717, 1.165) is 6.42 Å². The normalized spacial score (nSPS) is 20.0. The molecule has 0 aliphatic carbocycles. The van der Waals surface area contributed by atoms with E-state index in [9.17, 15) is 4.79 Å². The van der Waals surface area contributed by atoms with Gasteiger partial charge in [0, 0.05) is 24.7 Å². The minimum Gasteiger partial charge on any atom is -0.493 e. The van der Waals surface area contributed by atoms with Crippen molar-refractivity contribution in [2.75, 3.05) is 26.8 Å². The topological polar surface area (TPSA) is 64.8 Å². The molecule has 1 aromatic rings. The summed E-state index contributed by atoms with van der Waals surface area (Å²) < 4.78 is 10.8. The van der Waals surface area contributed by atoms with Crippen molar-refractivity contribution >= 4 is 5.91 Å². The van der Waals surface area contributed by atoms with Crippen LogP contribution in [0, 0.1) is 5.41 Å². The fourth-order valence-corrected chi connectivity index (χ4v) is 2.80. The van der Waals surface area contributed by atoms with Gasteiger partial charge in [-0.25, -0.2) is 0 Å². The van der Waals surface area contributed by atoms with Gasteiger partial charge >= 0.3 is 0 Å². The number of amides is 1. The Kier molecular flexibility index (Phi) is 5.31. The van der Waals surface area contributed by atoms with Crippen molar-refractivity contribution in [2.24, 2.45) is 11.1 Å². The standard InChI is InChI=1S/C18H26N2O3/c1-5-10-23-14-7-6-13(11-15(14)22-4)17(21)20-9-8-16(19)18(2,3)12-20/h5-7,11,16H,1,8-10,12,19H2,2-4H3. The molecule has 1 amide bonds. The maximum absolute atomic E-state index is 12.8. The molecule has 1 saturated heterocycles. The molecule has 0 radical (unpaired) electrons. The molecule has 1 unspecified atom stereocenters. The third kappa shape index (κ3) is 3.85. The molecule has 23 heavy (non-hydrogen) atoms. The summed E-state index contributed by atoms with van der Waals surface area (Å²) in [6, 6.07) is 5.37. The predicted octanol–water partition coefficient (Wildman–Crippen LogP) is 2.46. The molecule has 5 heteroatoms. The number of benzene rings is 1. The fourth-order valence-electron chi connectivity index (χ4n) is 2.80. The molecule has 2 N–H and O–H groups in total. The van der Waals surface area contributed by atoms with Crippen LogP contribution in [0.3, 0.4) is 0 Å². The number of methoxy groups -OCH3 is 1. The lowest BCUT2D eigenvalue weighted by molar-refractivity contribution is 0.0532. The molecule has 1 atom stereocenters. The van der Waals surface area contributed by atoms with Gasteiger partial charge in [-0.3, -0.25) is 4.79 Å². The van der Waals surface area contributed by atoms with E-state index in [4.69, 9.17) is 15.2 Å². The summed E-state index contributed by atoms with van der Waals surface area (Å²) in [4.78, 5) is 14.6. The lowest BCUT2D eigenvalue weighted by Crippen LogP contribution is -2.53. The Morgan fingerprint density at radius 3 is 2.83 bits per heavy atom. The van der Waals surface area contributed by atoms with Crippen LogP contribution in [0.15, 0.2) is 30.9 Å². The maximum Gasteiger partial charge on any atom is 0.254 e. The maximum atomic E-state index is 12.8. The number of hydrogen-bond donors (Lipinski definition) is 1. The SMILES string of the molecule is C=CCOc1ccc(C(=O)N2CCC(N)C(C)(C)C2)cc1OC. The summed E-state index contributed by atoms with van der Waals surface area (Å²) in [6.07, 6.45) is 2.48. The number of carbonyl (C=O) groups is 1. The number of nitrogens with zero attached hydrogens (tertiary/aromatic N) is 1. The van der Waals surface area contributed by atoms with Crippen LogP contribution >= 0.6 is 0 Å². The molecule has 0 bridgehead atoms. The van der Waals surface area contributed by atoms with Crippen LogP contribution in [-0.4, -0.2) is 43.7 Å². The summed E-state index contributed by atoms with van der Waals surface area (Å²) in [5.74, 6) is 1.15. The summed E-state index contributed by atoms with van der Waals surface area (Å²) in [5.41, 5.74) is 6.66. The Bertz CT molecular complexity index is 584. The summed E-state index contributed by atoms with van der Waals surface area (Å²) >= 11 is 0. The lowest BCUT2D eigenvalue weighted by atomic mass is 9.79. The van der Waals surface area contributed by atoms with Crippen LogP contribution in [-0.2, 0) is 0 Å². The molecule has 5 nitrogen and oxygen atoms in total. The molecular weight excluding hydrogens is 292 g/mol. The minimum absolute atomic E-state index is 0.00135. The first-order chi connectivity index (χ1) is 10.9. The largest absolute Gasteiger partial charge is 0.493 e. The second-order valence-electron chi connectivity index (χ2n) is 6.58. The molecule has 0 spiro atoms. The van der Waals surface area contributed by atoms with E-state index < -0.39 is 0 Å². The van der Waals surface area contributed by atoms with Crippen molar-refractivity contribution in [1.29, 1.82) is 0 Å². The molecule has 1 fully saturated rings. The molecule has 1 heterocycles. The highest BCUT2D eigenvalue weighted by molar-refractivity contribution is 5.95. The van der Waals surface area contributed by atoms with Gasteiger partial charge in [0.05, 0.1) is 7.11 Å². The predicted molar refractivity (Wildman–Crippen MR) is 91.0 cm³/mol. The van der Waals surface area contributed by atoms with Crippen molar-refractivity contribution in [3.63, 3.8) is 0 Å². The van der Waals surface area contributed by atoms with Crippen molar-refractivity contribution in [3.8, 4) is 11.5 Å². The average molecular weight is 318 g/mol. The Morgan fingerprint density at radius 1 is 1.48 bits per heavy atom. The number of rotatable bonds is 5. The molecule has 1 aromatic carbocycles.